The summed E-state index contributed by atoms with van der Waals surface area (Å²) in [6.45, 7) is 0. The van der Waals surface area contributed by atoms with E-state index in [2.05, 4.69) is 5.32 Å². The van der Waals surface area contributed by atoms with Gasteiger partial charge < -0.3 is 21.7 Å². The second-order valence-electron chi connectivity index (χ2n) is 8.79. The molecule has 7 nitrogen and oxygen atoms in total. The van der Waals surface area contributed by atoms with Crippen LogP contribution in [-0.4, -0.2) is 28.5 Å². The third-order valence-electron chi connectivity index (χ3n) is 6.16. The van der Waals surface area contributed by atoms with Gasteiger partial charge in [0.05, 0.1) is 6.04 Å². The Hall–Kier alpha value is -3.77. The van der Waals surface area contributed by atoms with Crippen molar-refractivity contribution < 1.29 is 14.3 Å². The van der Waals surface area contributed by atoms with E-state index in [1.54, 1.807) is 54.6 Å². The van der Waals surface area contributed by atoms with Gasteiger partial charge in [0.1, 0.15) is 11.6 Å². The lowest BCUT2D eigenvalue weighted by molar-refractivity contribution is -0.122. The second kappa shape index (κ2) is 10.9. The first-order chi connectivity index (χ1) is 17.2. The number of hydrogen-bond donors (Lipinski definition) is 5. The van der Waals surface area contributed by atoms with Crippen molar-refractivity contribution in [2.24, 2.45) is 11.5 Å². The van der Waals surface area contributed by atoms with Gasteiger partial charge in [-0.2, -0.15) is 0 Å². The van der Waals surface area contributed by atoms with E-state index in [1.165, 1.54) is 0 Å². The SMILES string of the molecule is N=C(N)c1ccc(C[C@@H](NC(=O)[C@H](N)Cc2ccc3ccccc3c2)P(=O)(O)c2ccccc2)cc1. The fourth-order valence-electron chi connectivity index (χ4n) is 4.11. The van der Waals surface area contributed by atoms with Gasteiger partial charge in [0, 0.05) is 17.3 Å². The average Bonchev–Trinajstić information content (AvgIpc) is 2.89. The van der Waals surface area contributed by atoms with E-state index in [1.807, 2.05) is 42.5 Å². The van der Waals surface area contributed by atoms with E-state index < -0.39 is 25.1 Å². The third-order valence-corrected chi connectivity index (χ3v) is 8.35. The summed E-state index contributed by atoms with van der Waals surface area (Å²) in [6.07, 6.45) is 0.396. The van der Waals surface area contributed by atoms with Gasteiger partial charge in [0.25, 0.3) is 7.37 Å². The molecule has 8 heteroatoms. The van der Waals surface area contributed by atoms with Crippen LogP contribution in [0, 0.1) is 5.41 Å². The first kappa shape index (κ1) is 25.3. The van der Waals surface area contributed by atoms with Crippen LogP contribution in [0.3, 0.4) is 0 Å². The predicted molar refractivity (Wildman–Crippen MR) is 145 cm³/mol. The highest BCUT2D eigenvalue weighted by Crippen LogP contribution is 2.45. The molecule has 0 saturated carbocycles. The van der Waals surface area contributed by atoms with Crippen LogP contribution in [0.1, 0.15) is 16.7 Å². The summed E-state index contributed by atoms with van der Waals surface area (Å²) in [5.74, 6) is -1.65. The van der Waals surface area contributed by atoms with Crippen molar-refractivity contribution in [3.05, 3.63) is 114 Å². The van der Waals surface area contributed by atoms with Crippen molar-refractivity contribution in [1.82, 2.24) is 5.32 Å². The van der Waals surface area contributed by atoms with Crippen LogP contribution in [0.25, 0.3) is 10.8 Å². The van der Waals surface area contributed by atoms with E-state index in [4.69, 9.17) is 16.9 Å². The maximum Gasteiger partial charge on any atom is 0.251 e. The van der Waals surface area contributed by atoms with Gasteiger partial charge in [0.15, 0.2) is 0 Å². The topological polar surface area (TPSA) is 142 Å². The van der Waals surface area contributed by atoms with Gasteiger partial charge >= 0.3 is 0 Å². The van der Waals surface area contributed by atoms with Crippen molar-refractivity contribution in [3.63, 3.8) is 0 Å². The number of nitrogens with one attached hydrogen (secondary N) is 2. The van der Waals surface area contributed by atoms with Crippen LogP contribution < -0.4 is 22.1 Å². The molecule has 36 heavy (non-hydrogen) atoms. The van der Waals surface area contributed by atoms with Crippen LogP contribution in [0.15, 0.2) is 97.1 Å². The molecule has 7 N–H and O–H groups in total. The van der Waals surface area contributed by atoms with Crippen LogP contribution >= 0.6 is 7.37 Å². The maximum atomic E-state index is 13.6. The number of nitrogen functional groups attached to an aromatic ring is 1. The molecular formula is C28H29N4O3P. The highest BCUT2D eigenvalue weighted by molar-refractivity contribution is 7.66. The quantitative estimate of drug-likeness (QED) is 0.136. The number of carbonyl (C=O) groups is 1. The summed E-state index contributed by atoms with van der Waals surface area (Å²) in [7, 11) is -4.01. The van der Waals surface area contributed by atoms with Gasteiger partial charge in [0.2, 0.25) is 5.91 Å². The van der Waals surface area contributed by atoms with E-state index in [9.17, 15) is 14.3 Å². The Labute approximate surface area is 210 Å². The Bertz CT molecular complexity index is 1420. The molecule has 1 amide bonds. The molecule has 0 bridgehead atoms. The lowest BCUT2D eigenvalue weighted by Gasteiger charge is -2.26. The Morgan fingerprint density at radius 3 is 2.14 bits per heavy atom. The number of carbonyl (C=O) groups excluding carboxylic acids is 1. The Morgan fingerprint density at radius 2 is 1.47 bits per heavy atom. The Balaban J connectivity index is 1.55. The lowest BCUT2D eigenvalue weighted by atomic mass is 10.0. The van der Waals surface area contributed by atoms with Crippen molar-refractivity contribution in [2.45, 2.75) is 24.7 Å². The summed E-state index contributed by atoms with van der Waals surface area (Å²) in [6, 6.07) is 28.1. The van der Waals surface area contributed by atoms with Gasteiger partial charge in [-0.25, -0.2) is 0 Å². The van der Waals surface area contributed by atoms with Crippen LogP contribution in [0.2, 0.25) is 0 Å². The van der Waals surface area contributed by atoms with Crippen LogP contribution in [0.5, 0.6) is 0 Å². The molecule has 0 aliphatic rings. The fourth-order valence-corrected chi connectivity index (χ4v) is 5.83. The number of benzene rings is 4. The first-order valence-corrected chi connectivity index (χ1v) is 13.3. The molecule has 0 aliphatic heterocycles. The molecule has 0 radical (unpaired) electrons. The minimum absolute atomic E-state index is 0.0665. The van der Waals surface area contributed by atoms with E-state index in [0.717, 1.165) is 21.9 Å². The molecular weight excluding hydrogens is 471 g/mol. The van der Waals surface area contributed by atoms with E-state index in [0.29, 0.717) is 5.56 Å². The summed E-state index contributed by atoms with van der Waals surface area (Å²) in [5.41, 5.74) is 14.0. The predicted octanol–water partition coefficient (Wildman–Crippen LogP) is 3.27. The second-order valence-corrected chi connectivity index (χ2v) is 11.2. The first-order valence-electron chi connectivity index (χ1n) is 11.6. The number of amides is 1. The van der Waals surface area contributed by atoms with E-state index in [-0.39, 0.29) is 24.0 Å². The number of nitrogens with two attached hydrogens (primary N) is 2. The molecule has 1 unspecified atom stereocenters. The molecule has 4 aromatic rings. The molecule has 0 aromatic heterocycles. The standard InChI is InChI=1S/C28H29N4O3P/c29-25(17-20-12-13-21-6-4-5-7-23(21)16-20)28(33)32-26(36(34,35)24-8-2-1-3-9-24)18-19-10-14-22(15-11-19)27(30)31/h1-16,25-26H,17-18,29H2,(H3,30,31)(H,32,33)(H,34,35)/t25-,26+/m1/s1. The summed E-state index contributed by atoms with van der Waals surface area (Å²) in [5, 5.41) is 12.7. The van der Waals surface area contributed by atoms with Crippen LogP contribution in [0.4, 0.5) is 0 Å². The zero-order chi connectivity index (χ0) is 25.7. The van der Waals surface area contributed by atoms with Crippen molar-refractivity contribution in [2.75, 3.05) is 0 Å². The zero-order valence-electron chi connectivity index (χ0n) is 19.7. The molecule has 0 saturated heterocycles. The molecule has 0 heterocycles. The highest BCUT2D eigenvalue weighted by Gasteiger charge is 2.35. The van der Waals surface area contributed by atoms with Gasteiger partial charge in [-0.05, 0) is 40.5 Å². The van der Waals surface area contributed by atoms with Crippen LogP contribution in [-0.2, 0) is 22.2 Å². The Kier molecular flexibility index (Phi) is 7.65. The fraction of sp³-hybridized carbons (Fsp3) is 0.143. The smallest absolute Gasteiger partial charge is 0.251 e. The molecule has 0 fully saturated rings. The minimum atomic E-state index is -4.01. The van der Waals surface area contributed by atoms with E-state index >= 15 is 0 Å². The number of rotatable bonds is 9. The molecule has 0 spiro atoms. The van der Waals surface area contributed by atoms with Gasteiger partial charge in [-0.3, -0.25) is 14.8 Å². The normalized spacial score (nSPS) is 14.5. The maximum absolute atomic E-state index is 13.6. The zero-order valence-corrected chi connectivity index (χ0v) is 20.6. The van der Waals surface area contributed by atoms with Gasteiger partial charge in [-0.15, -0.1) is 0 Å². The van der Waals surface area contributed by atoms with Crippen molar-refractivity contribution in [1.29, 1.82) is 5.41 Å². The monoisotopic (exact) mass is 500 g/mol. The van der Waals surface area contributed by atoms with Gasteiger partial charge in [-0.1, -0.05) is 84.9 Å². The molecule has 0 aliphatic carbocycles. The number of amidine groups is 1. The summed E-state index contributed by atoms with van der Waals surface area (Å²) >= 11 is 0. The summed E-state index contributed by atoms with van der Waals surface area (Å²) in [4.78, 5) is 24.3. The number of hydrogen-bond acceptors (Lipinski definition) is 4. The lowest BCUT2D eigenvalue weighted by Crippen LogP contribution is -2.47. The average molecular weight is 501 g/mol. The molecule has 3 atom stereocenters. The number of fused-ring (bicyclic) bond motifs is 1. The highest BCUT2D eigenvalue weighted by atomic mass is 31.2. The molecule has 4 rings (SSSR count). The minimum Gasteiger partial charge on any atom is -0.384 e. The summed E-state index contributed by atoms with van der Waals surface area (Å²) < 4.78 is 13.6. The molecule has 4 aromatic carbocycles. The van der Waals surface area contributed by atoms with Crippen molar-refractivity contribution >= 4 is 35.2 Å². The largest absolute Gasteiger partial charge is 0.384 e. The third kappa shape index (κ3) is 5.89. The van der Waals surface area contributed by atoms with Crippen molar-refractivity contribution in [3.8, 4) is 0 Å². The Morgan fingerprint density at radius 1 is 0.861 bits per heavy atom. The molecule has 184 valence electrons.